The van der Waals surface area contributed by atoms with Crippen LogP contribution < -0.4 is 5.32 Å². The molecule has 1 aromatic rings. The molecular weight excluding hydrogens is 272 g/mol. The summed E-state index contributed by atoms with van der Waals surface area (Å²) in [4.78, 5) is 35.5. The molecule has 6 heteroatoms. The maximum absolute atomic E-state index is 11.9. The number of carboxylic acid groups (broad SMARTS) is 1. The van der Waals surface area contributed by atoms with Crippen molar-refractivity contribution in [3.8, 4) is 0 Å². The lowest BCUT2D eigenvalue weighted by molar-refractivity contribution is -0.148. The largest absolute Gasteiger partial charge is 0.480 e. The topological polar surface area (TPSA) is 86.7 Å². The van der Waals surface area contributed by atoms with E-state index in [0.717, 1.165) is 5.56 Å². The van der Waals surface area contributed by atoms with E-state index < -0.39 is 12.0 Å². The van der Waals surface area contributed by atoms with Crippen molar-refractivity contribution in [2.75, 3.05) is 14.1 Å². The summed E-state index contributed by atoms with van der Waals surface area (Å²) in [5.41, 5.74) is 1.40. The average Bonchev–Trinajstić information content (AvgIpc) is 2.50. The van der Waals surface area contributed by atoms with E-state index in [1.54, 1.807) is 25.2 Å². The summed E-state index contributed by atoms with van der Waals surface area (Å²) in [5.74, 6) is -1.46. The minimum absolute atomic E-state index is 0.181. The molecule has 0 radical (unpaired) electrons. The zero-order valence-corrected chi connectivity index (χ0v) is 12.4. The summed E-state index contributed by atoms with van der Waals surface area (Å²) in [6, 6.07) is 6.17. The van der Waals surface area contributed by atoms with E-state index in [0.29, 0.717) is 12.0 Å². The van der Waals surface area contributed by atoms with Crippen LogP contribution in [0.5, 0.6) is 0 Å². The van der Waals surface area contributed by atoms with Crippen LogP contribution in [-0.4, -0.2) is 47.9 Å². The van der Waals surface area contributed by atoms with Gasteiger partial charge in [-0.05, 0) is 31.0 Å². The predicted molar refractivity (Wildman–Crippen MR) is 78.0 cm³/mol. The maximum Gasteiger partial charge on any atom is 0.326 e. The highest BCUT2D eigenvalue weighted by atomic mass is 16.4. The molecule has 1 rings (SSSR count). The molecule has 0 aromatic heterocycles. The first kappa shape index (κ1) is 16.7. The summed E-state index contributed by atoms with van der Waals surface area (Å²) in [6.07, 6.45) is 0.658. The van der Waals surface area contributed by atoms with E-state index in [1.165, 1.54) is 18.9 Å². The molecule has 0 heterocycles. The van der Waals surface area contributed by atoms with Crippen LogP contribution in [0.1, 0.15) is 29.3 Å². The van der Waals surface area contributed by atoms with Crippen LogP contribution >= 0.6 is 0 Å². The summed E-state index contributed by atoms with van der Waals surface area (Å²) >= 11 is 0. The molecule has 21 heavy (non-hydrogen) atoms. The Bertz CT molecular complexity index is 542. The van der Waals surface area contributed by atoms with Gasteiger partial charge in [0, 0.05) is 26.1 Å². The molecule has 0 fully saturated rings. The summed E-state index contributed by atoms with van der Waals surface area (Å²) in [7, 11) is 3.03. The van der Waals surface area contributed by atoms with Crippen molar-refractivity contribution in [2.45, 2.75) is 25.8 Å². The highest BCUT2D eigenvalue weighted by Crippen LogP contribution is 2.09. The quantitative estimate of drug-likeness (QED) is 0.816. The number of hydrogen-bond donors (Lipinski definition) is 2. The van der Waals surface area contributed by atoms with E-state index in [4.69, 9.17) is 5.11 Å². The molecular formula is C15H20N2O4. The van der Waals surface area contributed by atoms with Gasteiger partial charge in [0.25, 0.3) is 5.91 Å². The van der Waals surface area contributed by atoms with Gasteiger partial charge in [-0.2, -0.15) is 0 Å². The molecule has 2 amide bonds. The van der Waals surface area contributed by atoms with Crippen molar-refractivity contribution in [1.29, 1.82) is 0 Å². The molecule has 114 valence electrons. The van der Waals surface area contributed by atoms with Crippen LogP contribution in [0.2, 0.25) is 0 Å². The number of nitrogens with zero attached hydrogens (tertiary/aromatic N) is 1. The molecule has 0 saturated heterocycles. The summed E-state index contributed by atoms with van der Waals surface area (Å²) in [6.45, 7) is 1.46. The Morgan fingerprint density at radius 3 is 2.57 bits per heavy atom. The average molecular weight is 292 g/mol. The highest BCUT2D eigenvalue weighted by Gasteiger charge is 2.21. The van der Waals surface area contributed by atoms with Gasteiger partial charge in [0.15, 0.2) is 0 Å². The molecule has 1 unspecified atom stereocenters. The van der Waals surface area contributed by atoms with Gasteiger partial charge in [-0.1, -0.05) is 12.1 Å². The Hall–Kier alpha value is -2.37. The van der Waals surface area contributed by atoms with Crippen LogP contribution in [0.4, 0.5) is 0 Å². The van der Waals surface area contributed by atoms with Crippen molar-refractivity contribution in [2.24, 2.45) is 0 Å². The van der Waals surface area contributed by atoms with Crippen LogP contribution in [0.25, 0.3) is 0 Å². The number of nitrogens with one attached hydrogen (secondary N) is 1. The summed E-state index contributed by atoms with van der Waals surface area (Å²) in [5, 5.41) is 11.4. The Kier molecular flexibility index (Phi) is 5.90. The lowest BCUT2D eigenvalue weighted by atomic mass is 10.1. The molecule has 2 N–H and O–H groups in total. The Morgan fingerprint density at radius 1 is 1.33 bits per heavy atom. The number of hydrogen-bond acceptors (Lipinski definition) is 3. The van der Waals surface area contributed by atoms with Crippen molar-refractivity contribution < 1.29 is 19.5 Å². The van der Waals surface area contributed by atoms with Gasteiger partial charge in [0.2, 0.25) is 5.91 Å². The van der Waals surface area contributed by atoms with Crippen molar-refractivity contribution in [1.82, 2.24) is 10.2 Å². The van der Waals surface area contributed by atoms with E-state index in [1.807, 2.05) is 6.07 Å². The first-order chi connectivity index (χ1) is 9.86. The normalized spacial score (nSPS) is 11.6. The molecule has 1 aromatic carbocycles. The van der Waals surface area contributed by atoms with Crippen LogP contribution in [0.15, 0.2) is 24.3 Å². The molecule has 6 nitrogen and oxygen atoms in total. The fourth-order valence-electron chi connectivity index (χ4n) is 1.82. The molecule has 0 bridgehead atoms. The first-order valence-electron chi connectivity index (χ1n) is 6.66. The standard InChI is InChI=1S/C15H20N2O4/c1-10(15(20)21)17(3)13(18)8-7-11-5-4-6-12(9-11)14(19)16-2/h4-6,9-10H,7-8H2,1-3H3,(H,16,19)(H,20,21). The fraction of sp³-hybridized carbons (Fsp3) is 0.400. The minimum atomic E-state index is -1.03. The van der Waals surface area contributed by atoms with E-state index in [-0.39, 0.29) is 18.2 Å². The number of aryl methyl sites for hydroxylation is 1. The smallest absolute Gasteiger partial charge is 0.326 e. The number of aliphatic carboxylic acids is 1. The Balaban J connectivity index is 2.65. The van der Waals surface area contributed by atoms with Gasteiger partial charge < -0.3 is 15.3 Å². The number of carboxylic acids is 1. The lowest BCUT2D eigenvalue weighted by Gasteiger charge is -2.21. The second-order valence-electron chi connectivity index (χ2n) is 4.80. The number of carbonyl (C=O) groups excluding carboxylic acids is 2. The molecule has 0 saturated carbocycles. The van der Waals surface area contributed by atoms with Crippen molar-refractivity contribution in [3.05, 3.63) is 35.4 Å². The van der Waals surface area contributed by atoms with Gasteiger partial charge in [0.1, 0.15) is 6.04 Å². The lowest BCUT2D eigenvalue weighted by Crippen LogP contribution is -2.40. The van der Waals surface area contributed by atoms with Crippen LogP contribution in [0, 0.1) is 0 Å². The van der Waals surface area contributed by atoms with E-state index in [9.17, 15) is 14.4 Å². The second kappa shape index (κ2) is 7.42. The van der Waals surface area contributed by atoms with Crippen LogP contribution in [-0.2, 0) is 16.0 Å². The van der Waals surface area contributed by atoms with Gasteiger partial charge in [-0.15, -0.1) is 0 Å². The number of carbonyl (C=O) groups is 3. The Labute approximate surface area is 123 Å². The summed E-state index contributed by atoms with van der Waals surface area (Å²) < 4.78 is 0. The Morgan fingerprint density at radius 2 is 2.00 bits per heavy atom. The zero-order chi connectivity index (χ0) is 16.0. The molecule has 0 aliphatic heterocycles. The SMILES string of the molecule is CNC(=O)c1cccc(CCC(=O)N(C)C(C)C(=O)O)c1. The van der Waals surface area contributed by atoms with Gasteiger partial charge in [-0.25, -0.2) is 4.79 Å². The van der Waals surface area contributed by atoms with Crippen LogP contribution in [0.3, 0.4) is 0 Å². The third-order valence-electron chi connectivity index (χ3n) is 3.38. The second-order valence-corrected chi connectivity index (χ2v) is 4.80. The molecule has 1 atom stereocenters. The molecule has 0 aliphatic carbocycles. The third kappa shape index (κ3) is 4.59. The van der Waals surface area contributed by atoms with Crippen molar-refractivity contribution in [3.63, 3.8) is 0 Å². The number of likely N-dealkylation sites (N-methyl/N-ethyl adjacent to an activating group) is 1. The maximum atomic E-state index is 11.9. The highest BCUT2D eigenvalue weighted by molar-refractivity contribution is 5.94. The number of rotatable bonds is 6. The first-order valence-corrected chi connectivity index (χ1v) is 6.66. The van der Waals surface area contributed by atoms with Gasteiger partial charge >= 0.3 is 5.97 Å². The van der Waals surface area contributed by atoms with Crippen molar-refractivity contribution >= 4 is 17.8 Å². The van der Waals surface area contributed by atoms with E-state index in [2.05, 4.69) is 5.32 Å². The predicted octanol–water partition coefficient (Wildman–Crippen LogP) is 0.910. The molecule has 0 aliphatic rings. The fourth-order valence-corrected chi connectivity index (χ4v) is 1.82. The number of benzene rings is 1. The van der Waals surface area contributed by atoms with Gasteiger partial charge in [0.05, 0.1) is 0 Å². The van der Waals surface area contributed by atoms with E-state index >= 15 is 0 Å². The third-order valence-corrected chi connectivity index (χ3v) is 3.38. The van der Waals surface area contributed by atoms with Gasteiger partial charge in [-0.3, -0.25) is 9.59 Å². The zero-order valence-electron chi connectivity index (χ0n) is 12.4. The number of amides is 2. The monoisotopic (exact) mass is 292 g/mol. The minimum Gasteiger partial charge on any atom is -0.480 e. The molecule has 0 spiro atoms.